The summed E-state index contributed by atoms with van der Waals surface area (Å²) in [5, 5.41) is 13.3. The second kappa shape index (κ2) is 8.88. The van der Waals surface area contributed by atoms with Crippen LogP contribution in [-0.4, -0.2) is 42.8 Å². The van der Waals surface area contributed by atoms with Gasteiger partial charge in [-0.25, -0.2) is 9.97 Å². The highest BCUT2D eigenvalue weighted by Gasteiger charge is 2.45. The van der Waals surface area contributed by atoms with E-state index in [1.165, 1.54) is 37.4 Å². The number of anilines is 2. The van der Waals surface area contributed by atoms with E-state index in [-0.39, 0.29) is 0 Å². The minimum absolute atomic E-state index is 0.344. The van der Waals surface area contributed by atoms with Crippen LogP contribution in [0.3, 0.4) is 0 Å². The van der Waals surface area contributed by atoms with Gasteiger partial charge in [-0.05, 0) is 55.3 Å². The van der Waals surface area contributed by atoms with Crippen molar-refractivity contribution in [2.75, 3.05) is 37.4 Å². The lowest BCUT2D eigenvalue weighted by molar-refractivity contribution is 0.158. The number of piperidine rings is 1. The van der Waals surface area contributed by atoms with Crippen molar-refractivity contribution >= 4 is 11.6 Å². The second-order valence-corrected chi connectivity index (χ2v) is 8.45. The van der Waals surface area contributed by atoms with Crippen LogP contribution in [0.1, 0.15) is 43.4 Å². The van der Waals surface area contributed by atoms with E-state index in [1.807, 2.05) is 12.1 Å². The average molecular weight is 407 g/mol. The van der Waals surface area contributed by atoms with Gasteiger partial charge in [-0.1, -0.05) is 25.0 Å². The van der Waals surface area contributed by atoms with Gasteiger partial charge >= 0.3 is 0 Å². The van der Waals surface area contributed by atoms with E-state index in [9.17, 15) is 5.26 Å². The Kier molecular flexibility index (Phi) is 6.05. The zero-order chi connectivity index (χ0) is 21.0. The highest BCUT2D eigenvalue weighted by atomic mass is 16.5. The van der Waals surface area contributed by atoms with Gasteiger partial charge in [0.25, 0.3) is 0 Å². The van der Waals surface area contributed by atoms with Crippen LogP contribution in [0.15, 0.2) is 30.5 Å². The molecule has 0 radical (unpaired) electrons. The molecule has 0 unspecified atom stereocenters. The molecule has 1 spiro atoms. The summed E-state index contributed by atoms with van der Waals surface area (Å²) in [6.07, 6.45) is 8.68. The molecule has 30 heavy (non-hydrogen) atoms. The fraction of sp³-hybridized carbons (Fsp3) is 0.522. The topological polar surface area (TPSA) is 100 Å². The van der Waals surface area contributed by atoms with E-state index in [2.05, 4.69) is 38.4 Å². The Morgan fingerprint density at radius 2 is 2.03 bits per heavy atom. The molecule has 158 valence electrons. The van der Waals surface area contributed by atoms with Crippen LogP contribution >= 0.6 is 0 Å². The normalized spacial score (nSPS) is 20.3. The van der Waals surface area contributed by atoms with Gasteiger partial charge in [0.2, 0.25) is 0 Å². The largest absolute Gasteiger partial charge is 0.497 e. The predicted molar refractivity (Wildman–Crippen MR) is 117 cm³/mol. The monoisotopic (exact) mass is 406 g/mol. The van der Waals surface area contributed by atoms with E-state index in [4.69, 9.17) is 10.5 Å². The smallest absolute Gasteiger partial charge is 0.183 e. The highest BCUT2D eigenvalue weighted by molar-refractivity contribution is 5.53. The molecule has 1 aromatic heterocycles. The number of hydrogen-bond acceptors (Lipinski definition) is 7. The molecule has 7 heteroatoms. The molecule has 2 fully saturated rings. The molecular formula is C23H30N6O. The summed E-state index contributed by atoms with van der Waals surface area (Å²) >= 11 is 0. The molecule has 3 N–H and O–H groups in total. The number of nitrogens with two attached hydrogens (primary N) is 1. The number of benzene rings is 1. The standard InChI is InChI=1S/C23H30N6O/c1-30-18-6-4-17(5-7-18)8-12-26-20-16-29(13-11-23(20)9-2-3-10-23)22-19(14-24)27-15-21(25)28-22/h4-7,15,20,26H,2-3,8-13,16H2,1H3,(H2,25,28)/t20-/m0/s1. The van der Waals surface area contributed by atoms with Gasteiger partial charge in [0.05, 0.1) is 13.3 Å². The first-order chi connectivity index (χ1) is 14.6. The first kappa shape index (κ1) is 20.4. The fourth-order valence-electron chi connectivity index (χ4n) is 5.06. The van der Waals surface area contributed by atoms with Crippen LogP contribution in [0.2, 0.25) is 0 Å². The van der Waals surface area contributed by atoms with Crippen molar-refractivity contribution in [2.45, 2.75) is 44.6 Å². The summed E-state index contributed by atoms with van der Waals surface area (Å²) in [5.74, 6) is 1.86. The SMILES string of the molecule is COc1ccc(CCN[C@H]2CN(c3nc(N)cnc3C#N)CCC23CCCC3)cc1. The molecule has 7 nitrogen and oxygen atoms in total. The zero-order valence-electron chi connectivity index (χ0n) is 17.6. The highest BCUT2D eigenvalue weighted by Crippen LogP contribution is 2.47. The van der Waals surface area contributed by atoms with Gasteiger partial charge in [-0.3, -0.25) is 0 Å². The quantitative estimate of drug-likeness (QED) is 0.761. The molecule has 0 amide bonds. The summed E-state index contributed by atoms with van der Waals surface area (Å²) < 4.78 is 5.25. The molecule has 1 saturated heterocycles. The van der Waals surface area contributed by atoms with E-state index >= 15 is 0 Å². The third kappa shape index (κ3) is 4.19. The van der Waals surface area contributed by atoms with Gasteiger partial charge in [0.15, 0.2) is 11.5 Å². The maximum Gasteiger partial charge on any atom is 0.183 e. The Balaban J connectivity index is 1.46. The van der Waals surface area contributed by atoms with Crippen LogP contribution in [-0.2, 0) is 6.42 Å². The molecule has 1 aromatic carbocycles. The number of methoxy groups -OCH3 is 1. The van der Waals surface area contributed by atoms with Crippen molar-refractivity contribution < 1.29 is 4.74 Å². The molecule has 2 aromatic rings. The summed E-state index contributed by atoms with van der Waals surface area (Å²) in [6, 6.07) is 10.8. The van der Waals surface area contributed by atoms with Crippen molar-refractivity contribution in [3.63, 3.8) is 0 Å². The van der Waals surface area contributed by atoms with E-state index in [1.54, 1.807) is 7.11 Å². The van der Waals surface area contributed by atoms with Crippen LogP contribution in [0.5, 0.6) is 5.75 Å². The summed E-state index contributed by atoms with van der Waals surface area (Å²) in [4.78, 5) is 10.8. The fourth-order valence-corrected chi connectivity index (χ4v) is 5.06. The predicted octanol–water partition coefficient (Wildman–Crippen LogP) is 2.91. The van der Waals surface area contributed by atoms with Crippen LogP contribution in [0.4, 0.5) is 11.6 Å². The molecule has 2 heterocycles. The van der Waals surface area contributed by atoms with Crippen LogP contribution in [0, 0.1) is 16.7 Å². The number of nitrogen functional groups attached to an aromatic ring is 1. The Hall–Kier alpha value is -2.85. The second-order valence-electron chi connectivity index (χ2n) is 8.45. The lowest BCUT2D eigenvalue weighted by atomic mass is 9.73. The third-order valence-corrected chi connectivity index (χ3v) is 6.76. The summed E-state index contributed by atoms with van der Waals surface area (Å²) in [7, 11) is 1.69. The van der Waals surface area contributed by atoms with Gasteiger partial charge in [0, 0.05) is 19.1 Å². The number of ether oxygens (including phenoxy) is 1. The lowest BCUT2D eigenvalue weighted by Crippen LogP contribution is -2.57. The van der Waals surface area contributed by atoms with Crippen molar-refractivity contribution in [2.24, 2.45) is 5.41 Å². The Bertz CT molecular complexity index is 901. The number of aromatic nitrogens is 2. The number of nitrogens with zero attached hydrogens (tertiary/aromatic N) is 4. The van der Waals surface area contributed by atoms with Gasteiger partial charge in [-0.15, -0.1) is 0 Å². The zero-order valence-corrected chi connectivity index (χ0v) is 17.6. The third-order valence-electron chi connectivity index (χ3n) is 6.76. The van der Waals surface area contributed by atoms with Crippen molar-refractivity contribution in [1.82, 2.24) is 15.3 Å². The van der Waals surface area contributed by atoms with Gasteiger partial charge < -0.3 is 20.7 Å². The lowest BCUT2D eigenvalue weighted by Gasteiger charge is -2.47. The first-order valence-corrected chi connectivity index (χ1v) is 10.8. The molecule has 1 aliphatic carbocycles. The number of nitriles is 1. The van der Waals surface area contributed by atoms with Crippen LogP contribution in [0.25, 0.3) is 0 Å². The summed E-state index contributed by atoms with van der Waals surface area (Å²) in [5.41, 5.74) is 7.86. The summed E-state index contributed by atoms with van der Waals surface area (Å²) in [6.45, 7) is 2.64. The Morgan fingerprint density at radius 1 is 1.27 bits per heavy atom. The molecule has 4 rings (SSSR count). The Morgan fingerprint density at radius 3 is 2.73 bits per heavy atom. The maximum absolute atomic E-state index is 9.47. The Labute approximate surface area is 178 Å². The minimum Gasteiger partial charge on any atom is -0.497 e. The van der Waals surface area contributed by atoms with Crippen molar-refractivity contribution in [1.29, 1.82) is 5.26 Å². The van der Waals surface area contributed by atoms with Gasteiger partial charge in [0.1, 0.15) is 17.6 Å². The minimum atomic E-state index is 0.344. The van der Waals surface area contributed by atoms with Crippen molar-refractivity contribution in [3.05, 3.63) is 41.7 Å². The van der Waals surface area contributed by atoms with E-state index in [0.29, 0.717) is 28.8 Å². The van der Waals surface area contributed by atoms with Crippen LogP contribution < -0.4 is 20.7 Å². The molecule has 0 bridgehead atoms. The van der Waals surface area contributed by atoms with Crippen molar-refractivity contribution in [3.8, 4) is 11.8 Å². The molecule has 2 aliphatic rings. The molecular weight excluding hydrogens is 376 g/mol. The van der Waals surface area contributed by atoms with Gasteiger partial charge in [-0.2, -0.15) is 5.26 Å². The maximum atomic E-state index is 9.47. The average Bonchev–Trinajstić information content (AvgIpc) is 3.25. The molecule has 1 aliphatic heterocycles. The number of rotatable bonds is 6. The van der Waals surface area contributed by atoms with E-state index < -0.39 is 0 Å². The molecule has 1 saturated carbocycles. The number of nitrogens with one attached hydrogen (secondary N) is 1. The number of hydrogen-bond donors (Lipinski definition) is 2. The first-order valence-electron chi connectivity index (χ1n) is 10.8. The van der Waals surface area contributed by atoms with E-state index in [0.717, 1.165) is 38.2 Å². The molecule has 1 atom stereocenters.